The second kappa shape index (κ2) is 12.6. The van der Waals surface area contributed by atoms with Crippen molar-refractivity contribution in [3.8, 4) is 5.75 Å². The van der Waals surface area contributed by atoms with E-state index in [1.165, 1.54) is 0 Å². The number of hydrogen-bond donors (Lipinski definition) is 2. The van der Waals surface area contributed by atoms with Crippen LogP contribution in [0.2, 0.25) is 5.02 Å². The van der Waals surface area contributed by atoms with E-state index in [-0.39, 0.29) is 29.9 Å². The van der Waals surface area contributed by atoms with Gasteiger partial charge in [-0.2, -0.15) is 0 Å². The highest BCUT2D eigenvalue weighted by Crippen LogP contribution is 2.24. The van der Waals surface area contributed by atoms with Gasteiger partial charge in [-0.05, 0) is 38.8 Å². The van der Waals surface area contributed by atoms with E-state index in [0.29, 0.717) is 30.8 Å². The monoisotopic (exact) mass is 549 g/mol. The molecule has 2 fully saturated rings. The van der Waals surface area contributed by atoms with Crippen LogP contribution in [0.25, 0.3) is 0 Å². The summed E-state index contributed by atoms with van der Waals surface area (Å²) < 4.78 is 5.71. The highest BCUT2D eigenvalue weighted by atomic mass is 127. The smallest absolute Gasteiger partial charge is 0.234 e. The second-order valence-corrected chi connectivity index (χ2v) is 7.90. The van der Waals surface area contributed by atoms with Crippen LogP contribution in [-0.2, 0) is 11.3 Å². The molecule has 1 saturated carbocycles. The summed E-state index contributed by atoms with van der Waals surface area (Å²) in [4.78, 5) is 21.3. The number of piperazine rings is 1. The Hall–Kier alpha value is -1.26. The molecule has 0 bridgehead atoms. The molecule has 2 N–H and O–H groups in total. The third-order valence-electron chi connectivity index (χ3n) is 5.04. The molecule has 2 aliphatic rings. The minimum atomic E-state index is 0. The number of amides is 1. The number of benzene rings is 1. The zero-order valence-electron chi connectivity index (χ0n) is 17.8. The van der Waals surface area contributed by atoms with Crippen LogP contribution in [0.4, 0.5) is 0 Å². The maximum atomic E-state index is 12.0. The van der Waals surface area contributed by atoms with Crippen LogP contribution in [0.5, 0.6) is 5.75 Å². The third-order valence-corrected chi connectivity index (χ3v) is 5.28. The Morgan fingerprint density at radius 3 is 2.60 bits per heavy atom. The zero-order valence-corrected chi connectivity index (χ0v) is 20.9. The molecular weight excluding hydrogens is 517 g/mol. The van der Waals surface area contributed by atoms with Crippen molar-refractivity contribution in [1.82, 2.24) is 20.4 Å². The lowest BCUT2D eigenvalue weighted by atomic mass is 10.2. The van der Waals surface area contributed by atoms with Crippen LogP contribution in [0.15, 0.2) is 23.2 Å². The number of halogens is 2. The number of aliphatic imine (C=N–C) groups is 1. The van der Waals surface area contributed by atoms with Crippen molar-refractivity contribution in [2.75, 3.05) is 45.9 Å². The van der Waals surface area contributed by atoms with E-state index in [4.69, 9.17) is 21.3 Å². The molecule has 0 aromatic heterocycles. The first kappa shape index (κ1) is 25.0. The fraction of sp³-hybridized carbons (Fsp3) is 0.619. The van der Waals surface area contributed by atoms with Gasteiger partial charge in [0.15, 0.2) is 5.96 Å². The van der Waals surface area contributed by atoms with Gasteiger partial charge in [0.25, 0.3) is 0 Å². The van der Waals surface area contributed by atoms with Gasteiger partial charge in [-0.1, -0.05) is 17.7 Å². The quantitative estimate of drug-likeness (QED) is 0.297. The Labute approximate surface area is 201 Å². The van der Waals surface area contributed by atoms with Crippen LogP contribution in [-0.4, -0.2) is 73.6 Å². The lowest BCUT2D eigenvalue weighted by Gasteiger charge is -2.36. The molecule has 3 rings (SSSR count). The van der Waals surface area contributed by atoms with Gasteiger partial charge in [-0.3, -0.25) is 9.69 Å². The third kappa shape index (κ3) is 7.77. The molecule has 1 amide bonds. The van der Waals surface area contributed by atoms with E-state index in [1.807, 2.05) is 25.1 Å². The normalized spacial score (nSPS) is 17.3. The fourth-order valence-corrected chi connectivity index (χ4v) is 3.52. The van der Waals surface area contributed by atoms with Gasteiger partial charge in [-0.15, -0.1) is 24.0 Å². The summed E-state index contributed by atoms with van der Waals surface area (Å²) in [5.74, 6) is 1.82. The van der Waals surface area contributed by atoms with Crippen molar-refractivity contribution >= 4 is 47.4 Å². The first-order valence-corrected chi connectivity index (χ1v) is 10.9. The Balaban J connectivity index is 0.00000320. The molecule has 0 radical (unpaired) electrons. The van der Waals surface area contributed by atoms with Gasteiger partial charge in [0.1, 0.15) is 5.75 Å². The van der Waals surface area contributed by atoms with E-state index in [0.717, 1.165) is 62.8 Å². The predicted molar refractivity (Wildman–Crippen MR) is 132 cm³/mol. The van der Waals surface area contributed by atoms with Gasteiger partial charge >= 0.3 is 0 Å². The summed E-state index contributed by atoms with van der Waals surface area (Å²) in [5.41, 5.74) is 1.02. The molecule has 1 aromatic carbocycles. The number of carbonyl (C=O) groups excluding carboxylic acids is 1. The Morgan fingerprint density at radius 2 is 1.97 bits per heavy atom. The highest BCUT2D eigenvalue weighted by Gasteiger charge is 2.26. The SMILES string of the molecule is CCNC(=NCc1ccc(Cl)cc1OCC)N1CCN(CC(=O)NC2CC2)CC1.I. The van der Waals surface area contributed by atoms with Crippen LogP contribution >= 0.6 is 35.6 Å². The molecule has 0 spiro atoms. The van der Waals surface area contributed by atoms with E-state index in [9.17, 15) is 4.79 Å². The number of rotatable bonds is 8. The fourth-order valence-electron chi connectivity index (χ4n) is 3.36. The topological polar surface area (TPSA) is 69.2 Å². The summed E-state index contributed by atoms with van der Waals surface area (Å²) >= 11 is 6.10. The molecule has 168 valence electrons. The van der Waals surface area contributed by atoms with Crippen LogP contribution in [0.1, 0.15) is 32.3 Å². The van der Waals surface area contributed by atoms with Gasteiger partial charge < -0.3 is 20.3 Å². The summed E-state index contributed by atoms with van der Waals surface area (Å²) in [6.07, 6.45) is 2.25. The Bertz CT molecular complexity index is 721. The Morgan fingerprint density at radius 1 is 1.23 bits per heavy atom. The summed E-state index contributed by atoms with van der Waals surface area (Å²) in [6.45, 7) is 9.85. The van der Waals surface area contributed by atoms with Gasteiger partial charge in [0, 0.05) is 49.4 Å². The first-order valence-electron chi connectivity index (χ1n) is 10.5. The number of hydrogen-bond acceptors (Lipinski definition) is 4. The van der Waals surface area contributed by atoms with Crippen molar-refractivity contribution in [3.05, 3.63) is 28.8 Å². The molecule has 0 atom stereocenters. The van der Waals surface area contributed by atoms with Crippen LogP contribution in [0, 0.1) is 0 Å². The number of ether oxygens (including phenoxy) is 1. The average Bonchev–Trinajstić information content (AvgIpc) is 3.51. The molecule has 1 aromatic rings. The average molecular weight is 550 g/mol. The van der Waals surface area contributed by atoms with E-state index in [2.05, 4.69) is 27.4 Å². The number of guanidine groups is 1. The predicted octanol–water partition coefficient (Wildman–Crippen LogP) is 2.72. The number of nitrogens with one attached hydrogen (secondary N) is 2. The van der Waals surface area contributed by atoms with Crippen molar-refractivity contribution in [2.45, 2.75) is 39.3 Å². The maximum absolute atomic E-state index is 12.0. The lowest BCUT2D eigenvalue weighted by molar-refractivity contribution is -0.122. The molecule has 1 aliphatic heterocycles. The molecule has 30 heavy (non-hydrogen) atoms. The largest absolute Gasteiger partial charge is 0.493 e. The van der Waals surface area contributed by atoms with E-state index < -0.39 is 0 Å². The number of nitrogens with zero attached hydrogens (tertiary/aromatic N) is 3. The molecule has 1 saturated heterocycles. The van der Waals surface area contributed by atoms with Crippen molar-refractivity contribution in [2.24, 2.45) is 4.99 Å². The molecule has 1 aliphatic carbocycles. The van der Waals surface area contributed by atoms with Crippen molar-refractivity contribution in [1.29, 1.82) is 0 Å². The second-order valence-electron chi connectivity index (χ2n) is 7.46. The van der Waals surface area contributed by atoms with Gasteiger partial charge in [-0.25, -0.2) is 4.99 Å². The van der Waals surface area contributed by atoms with Gasteiger partial charge in [0.05, 0.1) is 19.7 Å². The molecule has 9 heteroatoms. The highest BCUT2D eigenvalue weighted by molar-refractivity contribution is 14.0. The van der Waals surface area contributed by atoms with Gasteiger partial charge in [0.2, 0.25) is 5.91 Å². The number of carbonyl (C=O) groups is 1. The van der Waals surface area contributed by atoms with Crippen LogP contribution in [0.3, 0.4) is 0 Å². The van der Waals surface area contributed by atoms with E-state index >= 15 is 0 Å². The molecule has 0 unspecified atom stereocenters. The summed E-state index contributed by atoms with van der Waals surface area (Å²) in [7, 11) is 0. The van der Waals surface area contributed by atoms with E-state index in [1.54, 1.807) is 0 Å². The molecular formula is C21H33ClIN5O2. The molecule has 7 nitrogen and oxygen atoms in total. The zero-order chi connectivity index (χ0) is 20.6. The summed E-state index contributed by atoms with van der Waals surface area (Å²) in [5, 5.41) is 7.11. The maximum Gasteiger partial charge on any atom is 0.234 e. The first-order chi connectivity index (χ1) is 14.1. The van der Waals surface area contributed by atoms with Crippen molar-refractivity contribution in [3.63, 3.8) is 0 Å². The van der Waals surface area contributed by atoms with Crippen molar-refractivity contribution < 1.29 is 9.53 Å². The minimum Gasteiger partial charge on any atom is -0.493 e. The van der Waals surface area contributed by atoms with Crippen LogP contribution < -0.4 is 15.4 Å². The Kier molecular flexibility index (Phi) is 10.5. The molecule has 1 heterocycles. The minimum absolute atomic E-state index is 0. The lowest BCUT2D eigenvalue weighted by Crippen LogP contribution is -2.54. The summed E-state index contributed by atoms with van der Waals surface area (Å²) in [6, 6.07) is 6.10. The standard InChI is InChI=1S/C21H32ClN5O2.HI/c1-3-23-21(24-14-16-5-6-17(22)13-19(16)29-4-2)27-11-9-26(10-12-27)15-20(28)25-18-7-8-18;/h5-6,13,18H,3-4,7-12,14-15H2,1-2H3,(H,23,24)(H,25,28);1H.